The summed E-state index contributed by atoms with van der Waals surface area (Å²) in [7, 11) is 1.43. The van der Waals surface area contributed by atoms with Gasteiger partial charge < -0.3 is 14.2 Å². The van der Waals surface area contributed by atoms with Crippen LogP contribution in [0.1, 0.15) is 32.0 Å². The SMILES string of the molecule is COc1ccc2c(ccc3c(C(=O)c4ccccc4)c(C(=O)O)c(C(F)(F)F)n32)c1. The fourth-order valence-electron chi connectivity index (χ4n) is 3.60. The Morgan fingerprint density at radius 3 is 2.20 bits per heavy atom. The minimum absolute atomic E-state index is 0.0936. The summed E-state index contributed by atoms with van der Waals surface area (Å²) in [5.74, 6) is -2.19. The molecule has 0 saturated heterocycles. The molecule has 8 heteroatoms. The molecule has 0 aliphatic heterocycles. The van der Waals surface area contributed by atoms with Crippen LogP contribution in [0.2, 0.25) is 0 Å². The lowest BCUT2D eigenvalue weighted by Crippen LogP contribution is -2.16. The Hall–Kier alpha value is -3.81. The van der Waals surface area contributed by atoms with Crippen LogP contribution in [0, 0.1) is 0 Å². The number of carboxylic acids is 1. The molecule has 2 aromatic carbocycles. The number of ketones is 1. The molecule has 0 radical (unpaired) electrons. The predicted molar refractivity (Wildman–Crippen MR) is 103 cm³/mol. The molecule has 0 unspecified atom stereocenters. The van der Waals surface area contributed by atoms with Crippen LogP contribution < -0.4 is 4.74 Å². The zero-order valence-corrected chi connectivity index (χ0v) is 15.5. The van der Waals surface area contributed by atoms with Gasteiger partial charge in [-0.1, -0.05) is 36.4 Å². The highest BCUT2D eigenvalue weighted by Crippen LogP contribution is 2.40. The zero-order chi connectivity index (χ0) is 21.6. The molecule has 1 N–H and O–H groups in total. The third-order valence-corrected chi connectivity index (χ3v) is 4.85. The van der Waals surface area contributed by atoms with Gasteiger partial charge in [-0.25, -0.2) is 4.79 Å². The van der Waals surface area contributed by atoms with Gasteiger partial charge in [0.05, 0.1) is 23.7 Å². The van der Waals surface area contributed by atoms with E-state index in [2.05, 4.69) is 0 Å². The van der Waals surface area contributed by atoms with E-state index in [9.17, 15) is 27.9 Å². The number of aromatic nitrogens is 1. The molecular weight excluding hydrogens is 399 g/mol. The second-order valence-corrected chi connectivity index (χ2v) is 6.58. The van der Waals surface area contributed by atoms with Crippen molar-refractivity contribution in [3.05, 3.63) is 83.0 Å². The largest absolute Gasteiger partial charge is 0.497 e. The standard InChI is InChI=1S/C22H14F3NO4/c1-30-14-8-10-15-13(11-14)7-9-16-17(19(27)12-5-3-2-4-6-12)18(21(28)29)20(26(15)16)22(23,24)25/h2-11H,1H3,(H,28,29). The van der Waals surface area contributed by atoms with Crippen LogP contribution in [-0.2, 0) is 6.18 Å². The molecule has 5 nitrogen and oxygen atoms in total. The van der Waals surface area contributed by atoms with Crippen LogP contribution in [0.3, 0.4) is 0 Å². The Morgan fingerprint density at radius 2 is 1.60 bits per heavy atom. The number of nitrogens with zero attached hydrogens (tertiary/aromatic N) is 1. The van der Waals surface area contributed by atoms with Crippen LogP contribution >= 0.6 is 0 Å². The van der Waals surface area contributed by atoms with E-state index in [1.54, 1.807) is 18.2 Å². The van der Waals surface area contributed by atoms with Crippen molar-refractivity contribution < 1.29 is 32.6 Å². The lowest BCUT2D eigenvalue weighted by atomic mass is 9.99. The normalized spacial score (nSPS) is 11.7. The predicted octanol–water partition coefficient (Wildman–Crippen LogP) is 5.05. The van der Waals surface area contributed by atoms with Crippen LogP contribution in [0.5, 0.6) is 5.75 Å². The highest BCUT2D eigenvalue weighted by Gasteiger charge is 2.43. The fourth-order valence-corrected chi connectivity index (χ4v) is 3.60. The number of rotatable bonds is 4. The Bertz CT molecular complexity index is 1310. The summed E-state index contributed by atoms with van der Waals surface area (Å²) in [6, 6.07) is 14.9. The summed E-state index contributed by atoms with van der Waals surface area (Å²) < 4.78 is 48.1. The second kappa shape index (κ2) is 6.91. The van der Waals surface area contributed by atoms with Crippen molar-refractivity contribution in [1.29, 1.82) is 0 Å². The summed E-state index contributed by atoms with van der Waals surface area (Å²) in [5, 5.41) is 10.1. The quantitative estimate of drug-likeness (QED) is 0.476. The Kier molecular flexibility index (Phi) is 4.49. The maximum absolute atomic E-state index is 14.1. The van der Waals surface area contributed by atoms with Gasteiger partial charge in [0.2, 0.25) is 0 Å². The van der Waals surface area contributed by atoms with Crippen LogP contribution in [0.15, 0.2) is 60.7 Å². The number of hydrogen-bond acceptors (Lipinski definition) is 3. The van der Waals surface area contributed by atoms with Crippen molar-refractivity contribution in [2.24, 2.45) is 0 Å². The minimum atomic E-state index is -5.01. The summed E-state index contributed by atoms with van der Waals surface area (Å²) in [4.78, 5) is 25.0. The van der Waals surface area contributed by atoms with Gasteiger partial charge in [0.1, 0.15) is 17.0 Å². The van der Waals surface area contributed by atoms with Gasteiger partial charge in [-0.05, 0) is 24.3 Å². The Balaban J connectivity index is 2.19. The number of halogens is 3. The molecule has 4 aromatic rings. The molecule has 0 bridgehead atoms. The third kappa shape index (κ3) is 2.97. The molecule has 0 aliphatic rings. The monoisotopic (exact) mass is 413 g/mol. The van der Waals surface area contributed by atoms with E-state index < -0.39 is 34.7 Å². The molecular formula is C22H14F3NO4. The maximum atomic E-state index is 14.1. The fraction of sp³-hybridized carbons (Fsp3) is 0.0909. The van der Waals surface area contributed by atoms with Crippen molar-refractivity contribution in [2.45, 2.75) is 6.18 Å². The van der Waals surface area contributed by atoms with Crippen LogP contribution in [-0.4, -0.2) is 28.4 Å². The third-order valence-electron chi connectivity index (χ3n) is 4.85. The number of methoxy groups -OCH3 is 1. The first kappa shape index (κ1) is 19.5. The molecule has 0 amide bonds. The van der Waals surface area contributed by atoms with E-state index in [-0.39, 0.29) is 16.6 Å². The van der Waals surface area contributed by atoms with Crippen molar-refractivity contribution in [3.63, 3.8) is 0 Å². The number of hydrogen-bond donors (Lipinski definition) is 1. The van der Waals surface area contributed by atoms with Gasteiger partial charge in [-0.3, -0.25) is 4.79 Å². The van der Waals surface area contributed by atoms with E-state index >= 15 is 0 Å². The number of aromatic carboxylic acids is 1. The lowest BCUT2D eigenvalue weighted by Gasteiger charge is -2.12. The van der Waals surface area contributed by atoms with Gasteiger partial charge in [-0.2, -0.15) is 13.2 Å². The lowest BCUT2D eigenvalue weighted by molar-refractivity contribution is -0.142. The van der Waals surface area contributed by atoms with Gasteiger partial charge in [0.25, 0.3) is 0 Å². The molecule has 30 heavy (non-hydrogen) atoms. The van der Waals surface area contributed by atoms with Crippen molar-refractivity contribution in [3.8, 4) is 5.75 Å². The molecule has 0 atom stereocenters. The van der Waals surface area contributed by atoms with E-state index in [4.69, 9.17) is 4.74 Å². The molecule has 0 saturated carbocycles. The number of ether oxygens (including phenoxy) is 1. The topological polar surface area (TPSA) is 68.0 Å². The van der Waals surface area contributed by atoms with Gasteiger partial charge in [0.15, 0.2) is 5.78 Å². The van der Waals surface area contributed by atoms with Crippen molar-refractivity contribution in [1.82, 2.24) is 4.40 Å². The first-order valence-electron chi connectivity index (χ1n) is 8.79. The van der Waals surface area contributed by atoms with Gasteiger partial charge in [0, 0.05) is 10.9 Å². The van der Waals surface area contributed by atoms with E-state index in [0.29, 0.717) is 11.1 Å². The Labute approximate surface area is 167 Å². The molecule has 2 aromatic heterocycles. The molecule has 0 aliphatic carbocycles. The smallest absolute Gasteiger partial charge is 0.432 e. The summed E-state index contributed by atoms with van der Waals surface area (Å²) in [5.41, 5.74) is -2.91. The summed E-state index contributed by atoms with van der Waals surface area (Å²) in [6.07, 6.45) is -5.01. The van der Waals surface area contributed by atoms with Crippen LogP contribution in [0.4, 0.5) is 13.2 Å². The first-order chi connectivity index (χ1) is 14.2. The molecule has 4 rings (SSSR count). The zero-order valence-electron chi connectivity index (χ0n) is 15.5. The summed E-state index contributed by atoms with van der Waals surface area (Å²) in [6.45, 7) is 0. The van der Waals surface area contributed by atoms with Gasteiger partial charge in [-0.15, -0.1) is 0 Å². The number of fused-ring (bicyclic) bond motifs is 3. The summed E-state index contributed by atoms with van der Waals surface area (Å²) >= 11 is 0. The van der Waals surface area contributed by atoms with Crippen molar-refractivity contribution in [2.75, 3.05) is 7.11 Å². The number of benzene rings is 2. The average Bonchev–Trinajstić information content (AvgIpc) is 3.09. The molecule has 0 fully saturated rings. The first-order valence-corrected chi connectivity index (χ1v) is 8.79. The minimum Gasteiger partial charge on any atom is -0.497 e. The van der Waals surface area contributed by atoms with E-state index in [0.717, 1.165) is 4.40 Å². The van der Waals surface area contributed by atoms with E-state index in [1.807, 2.05) is 0 Å². The number of alkyl halides is 3. The molecule has 152 valence electrons. The van der Waals surface area contributed by atoms with Crippen molar-refractivity contribution >= 4 is 28.2 Å². The maximum Gasteiger partial charge on any atom is 0.432 e. The number of carboxylic acid groups (broad SMARTS) is 1. The highest BCUT2D eigenvalue weighted by atomic mass is 19.4. The van der Waals surface area contributed by atoms with Crippen LogP contribution in [0.25, 0.3) is 16.4 Å². The number of carbonyl (C=O) groups excluding carboxylic acids is 1. The number of pyridine rings is 1. The molecule has 0 spiro atoms. The molecule has 2 heterocycles. The average molecular weight is 413 g/mol. The second-order valence-electron chi connectivity index (χ2n) is 6.58. The Morgan fingerprint density at radius 1 is 0.933 bits per heavy atom. The highest BCUT2D eigenvalue weighted by molar-refractivity contribution is 6.19. The number of carbonyl (C=O) groups is 2. The van der Waals surface area contributed by atoms with E-state index in [1.165, 1.54) is 49.6 Å². The van der Waals surface area contributed by atoms with Gasteiger partial charge >= 0.3 is 12.1 Å².